The van der Waals surface area contributed by atoms with E-state index in [4.69, 9.17) is 0 Å². The topological polar surface area (TPSA) is 29.4 Å². The molecule has 0 saturated heterocycles. The zero-order valence-electron chi connectivity index (χ0n) is 15.3. The van der Waals surface area contributed by atoms with E-state index < -0.39 is 0 Å². The first-order chi connectivity index (χ1) is 10.1. The molecule has 2 heteroatoms. The summed E-state index contributed by atoms with van der Waals surface area (Å²) in [4.78, 5) is 15.4. The van der Waals surface area contributed by atoms with Crippen LogP contribution in [-0.4, -0.2) is 18.0 Å². The third-order valence-corrected chi connectivity index (χ3v) is 4.75. The maximum absolute atomic E-state index is 11.2. The molecule has 0 aromatic heterocycles. The third-order valence-electron chi connectivity index (χ3n) is 4.75. The van der Waals surface area contributed by atoms with E-state index in [1.807, 2.05) is 13.0 Å². The summed E-state index contributed by atoms with van der Waals surface area (Å²) in [7, 11) is 0. The Bertz CT molecular complexity index is 544. The Morgan fingerprint density at radius 1 is 1.23 bits per heavy atom. The summed E-state index contributed by atoms with van der Waals surface area (Å²) in [5, 5.41) is 0. The number of carbonyl (C=O) groups is 1. The second-order valence-electron chi connectivity index (χ2n) is 7.19. The Labute approximate surface area is 136 Å². The molecule has 0 aliphatic heterocycles. The minimum atomic E-state index is -0.254. The number of ketones is 1. The molecule has 1 rings (SSSR count). The van der Waals surface area contributed by atoms with Crippen LogP contribution in [0.3, 0.4) is 0 Å². The van der Waals surface area contributed by atoms with Crippen molar-refractivity contribution < 1.29 is 4.79 Å². The average Bonchev–Trinajstić information content (AvgIpc) is 2.42. The van der Waals surface area contributed by atoms with Gasteiger partial charge in [-0.15, -0.1) is 0 Å². The third kappa shape index (κ3) is 5.08. The van der Waals surface area contributed by atoms with E-state index in [0.717, 1.165) is 0 Å². The lowest BCUT2D eigenvalue weighted by molar-refractivity contribution is -0.117. The van der Waals surface area contributed by atoms with E-state index in [-0.39, 0.29) is 17.2 Å². The largest absolute Gasteiger partial charge is 0.298 e. The summed E-state index contributed by atoms with van der Waals surface area (Å²) in [5.74, 6) is 0.0966. The van der Waals surface area contributed by atoms with Crippen molar-refractivity contribution in [1.82, 2.24) is 0 Å². The maximum Gasteiger partial charge on any atom is 0.153 e. The lowest BCUT2D eigenvalue weighted by Crippen LogP contribution is -2.19. The maximum atomic E-state index is 11.2. The predicted molar refractivity (Wildman–Crippen MR) is 96.5 cm³/mol. The normalized spacial score (nSPS) is 21.4. The van der Waals surface area contributed by atoms with Crippen molar-refractivity contribution in [3.63, 3.8) is 0 Å². The van der Waals surface area contributed by atoms with E-state index >= 15 is 0 Å². The molecule has 0 aromatic carbocycles. The van der Waals surface area contributed by atoms with Gasteiger partial charge in [-0.3, -0.25) is 9.79 Å². The molecule has 0 fully saturated rings. The molecule has 0 radical (unpaired) electrons. The van der Waals surface area contributed by atoms with Crippen molar-refractivity contribution in [2.24, 2.45) is 10.4 Å². The van der Waals surface area contributed by atoms with Gasteiger partial charge in [0.05, 0.1) is 0 Å². The lowest BCUT2D eigenvalue weighted by atomic mass is 9.72. The molecule has 0 heterocycles. The van der Waals surface area contributed by atoms with Crippen LogP contribution in [0.25, 0.3) is 0 Å². The van der Waals surface area contributed by atoms with Crippen molar-refractivity contribution in [1.29, 1.82) is 0 Å². The van der Waals surface area contributed by atoms with E-state index in [1.165, 1.54) is 41.6 Å². The molecule has 0 N–H and O–H groups in total. The van der Waals surface area contributed by atoms with Crippen molar-refractivity contribution >= 4 is 12.0 Å². The van der Waals surface area contributed by atoms with Gasteiger partial charge in [0.2, 0.25) is 0 Å². The first kappa shape index (κ1) is 18.6. The standard InChI is InChI=1S/C20H31NO/c1-14(10-12-21-17(4)18(5)22)16(3)13-19-15(2)9-8-11-20(19,6)7/h10,12-13,17H,8-9,11H2,1-7H3/b14-10+,16-13+,21-12?/t17-/m0/s1. The fourth-order valence-electron chi connectivity index (χ4n) is 2.81. The highest BCUT2D eigenvalue weighted by Crippen LogP contribution is 2.41. The Morgan fingerprint density at radius 3 is 2.41 bits per heavy atom. The minimum absolute atomic E-state index is 0.0966. The quantitative estimate of drug-likeness (QED) is 0.490. The SMILES string of the molecule is CC(=O)[C@H](C)N=C/C=C(C)/C(C)=C/C1=C(C)CCCC1(C)C. The van der Waals surface area contributed by atoms with Crippen LogP contribution < -0.4 is 0 Å². The molecule has 22 heavy (non-hydrogen) atoms. The van der Waals surface area contributed by atoms with Gasteiger partial charge < -0.3 is 0 Å². The summed E-state index contributed by atoms with van der Waals surface area (Å²) < 4.78 is 0. The minimum Gasteiger partial charge on any atom is -0.298 e. The second-order valence-corrected chi connectivity index (χ2v) is 7.19. The van der Waals surface area contributed by atoms with Crippen molar-refractivity contribution in [3.05, 3.63) is 34.4 Å². The van der Waals surface area contributed by atoms with E-state index in [1.54, 1.807) is 13.1 Å². The van der Waals surface area contributed by atoms with Crippen LogP contribution >= 0.6 is 0 Å². The fourth-order valence-corrected chi connectivity index (χ4v) is 2.81. The van der Waals surface area contributed by atoms with Crippen LogP contribution in [0.4, 0.5) is 0 Å². The van der Waals surface area contributed by atoms with E-state index in [0.29, 0.717) is 0 Å². The zero-order chi connectivity index (χ0) is 16.9. The molecule has 0 saturated carbocycles. The summed E-state index contributed by atoms with van der Waals surface area (Å²) in [6, 6.07) is -0.254. The number of aliphatic imine (C=N–C) groups is 1. The number of Topliss-reactive ketones (excluding diaryl/α,β-unsaturated/α-hetero) is 1. The van der Waals surface area contributed by atoms with Crippen LogP contribution in [0.2, 0.25) is 0 Å². The number of hydrogen-bond acceptors (Lipinski definition) is 2. The van der Waals surface area contributed by atoms with Gasteiger partial charge in [0.1, 0.15) is 6.04 Å². The molecule has 0 bridgehead atoms. The second kappa shape index (κ2) is 7.71. The van der Waals surface area contributed by atoms with Gasteiger partial charge in [-0.25, -0.2) is 0 Å². The first-order valence-electron chi connectivity index (χ1n) is 8.24. The molecule has 0 aromatic rings. The van der Waals surface area contributed by atoms with Gasteiger partial charge in [0, 0.05) is 6.21 Å². The van der Waals surface area contributed by atoms with Crippen LogP contribution in [0, 0.1) is 5.41 Å². The molecular weight excluding hydrogens is 270 g/mol. The van der Waals surface area contributed by atoms with Gasteiger partial charge in [0.15, 0.2) is 5.78 Å². The summed E-state index contributed by atoms with van der Waals surface area (Å²) in [5.41, 5.74) is 5.73. The molecule has 0 spiro atoms. The number of rotatable bonds is 5. The Hall–Kier alpha value is -1.44. The lowest BCUT2D eigenvalue weighted by Gasteiger charge is -2.33. The highest BCUT2D eigenvalue weighted by molar-refractivity contribution is 5.84. The molecule has 0 amide bonds. The predicted octanol–water partition coefficient (Wildman–Crippen LogP) is 5.45. The molecule has 122 valence electrons. The zero-order valence-corrected chi connectivity index (χ0v) is 15.3. The smallest absolute Gasteiger partial charge is 0.153 e. The Morgan fingerprint density at radius 2 is 1.86 bits per heavy atom. The van der Waals surface area contributed by atoms with Crippen molar-refractivity contribution in [2.45, 2.75) is 73.8 Å². The average molecular weight is 301 g/mol. The van der Waals surface area contributed by atoms with Gasteiger partial charge in [0.25, 0.3) is 0 Å². The van der Waals surface area contributed by atoms with Crippen LogP contribution in [-0.2, 0) is 4.79 Å². The van der Waals surface area contributed by atoms with Crippen molar-refractivity contribution in [3.8, 4) is 0 Å². The highest BCUT2D eigenvalue weighted by atomic mass is 16.1. The fraction of sp³-hybridized carbons (Fsp3) is 0.600. The van der Waals surface area contributed by atoms with E-state index in [2.05, 4.69) is 45.7 Å². The van der Waals surface area contributed by atoms with Gasteiger partial charge >= 0.3 is 0 Å². The van der Waals surface area contributed by atoms with Gasteiger partial charge in [-0.05, 0) is 82.1 Å². The number of hydrogen-bond donors (Lipinski definition) is 0. The summed E-state index contributed by atoms with van der Waals surface area (Å²) >= 11 is 0. The molecule has 2 nitrogen and oxygen atoms in total. The Kier molecular flexibility index (Phi) is 6.52. The van der Waals surface area contributed by atoms with Crippen LogP contribution in [0.1, 0.15) is 67.7 Å². The number of allylic oxidation sites excluding steroid dienone is 6. The molecule has 0 unspecified atom stereocenters. The molecule has 1 aliphatic carbocycles. The first-order valence-corrected chi connectivity index (χ1v) is 8.24. The van der Waals surface area contributed by atoms with Crippen LogP contribution in [0.15, 0.2) is 39.4 Å². The number of nitrogens with zero attached hydrogens (tertiary/aromatic N) is 1. The van der Waals surface area contributed by atoms with E-state index in [9.17, 15) is 4.79 Å². The monoisotopic (exact) mass is 301 g/mol. The highest BCUT2D eigenvalue weighted by Gasteiger charge is 2.26. The molecule has 1 aliphatic rings. The molecular formula is C20H31NO. The summed E-state index contributed by atoms with van der Waals surface area (Å²) in [6.45, 7) is 14.6. The van der Waals surface area contributed by atoms with Crippen LogP contribution in [0.5, 0.6) is 0 Å². The summed E-state index contributed by atoms with van der Waals surface area (Å²) in [6.07, 6.45) is 9.85. The van der Waals surface area contributed by atoms with Gasteiger partial charge in [-0.2, -0.15) is 0 Å². The van der Waals surface area contributed by atoms with Crippen molar-refractivity contribution in [2.75, 3.05) is 0 Å². The Balaban J connectivity index is 2.94. The van der Waals surface area contributed by atoms with Gasteiger partial charge in [-0.1, -0.05) is 25.5 Å². The molecule has 1 atom stereocenters. The number of carbonyl (C=O) groups excluding carboxylic acids is 1.